The highest BCUT2D eigenvalue weighted by Gasteiger charge is 2.29. The predicted molar refractivity (Wildman–Crippen MR) is 126 cm³/mol. The van der Waals surface area contributed by atoms with Crippen molar-refractivity contribution in [2.75, 3.05) is 34.0 Å². The Kier molecular flexibility index (Phi) is 19.7. The van der Waals surface area contributed by atoms with Crippen molar-refractivity contribution in [1.82, 2.24) is 4.90 Å². The molecule has 0 aromatic carbocycles. The monoisotopic (exact) mass is 443 g/mol. The molecule has 0 radical (unpaired) electrons. The number of methoxy groups -OCH3 is 1. The van der Waals surface area contributed by atoms with E-state index in [1.54, 1.807) is 14.2 Å². The molecule has 184 valence electrons. The minimum absolute atomic E-state index is 0.169. The number of carbonyl (C=O) groups is 2. The van der Waals surface area contributed by atoms with E-state index in [9.17, 15) is 9.59 Å². The van der Waals surface area contributed by atoms with E-state index in [1.807, 2.05) is 13.8 Å². The second-order valence-corrected chi connectivity index (χ2v) is 8.92. The lowest BCUT2D eigenvalue weighted by molar-refractivity contribution is -0.149. The van der Waals surface area contributed by atoms with Crippen molar-refractivity contribution < 1.29 is 23.8 Å². The average Bonchev–Trinajstić information content (AvgIpc) is 2.74. The zero-order chi connectivity index (χ0) is 23.3. The number of unbranched alkanes of at least 4 members (excludes halogenated alkanes) is 11. The first-order valence-electron chi connectivity index (χ1n) is 12.5. The zero-order valence-corrected chi connectivity index (χ0v) is 21.0. The van der Waals surface area contributed by atoms with Crippen molar-refractivity contribution in [3.63, 3.8) is 0 Å². The van der Waals surface area contributed by atoms with Gasteiger partial charge < -0.3 is 14.2 Å². The third-order valence-electron chi connectivity index (χ3n) is 5.48. The van der Waals surface area contributed by atoms with Crippen molar-refractivity contribution in [2.24, 2.45) is 5.92 Å². The van der Waals surface area contributed by atoms with Crippen LogP contribution in [0.25, 0.3) is 0 Å². The van der Waals surface area contributed by atoms with Gasteiger partial charge in [-0.05, 0) is 18.8 Å². The average molecular weight is 444 g/mol. The van der Waals surface area contributed by atoms with Gasteiger partial charge in [-0.1, -0.05) is 91.4 Å². The molecule has 0 aliphatic heterocycles. The smallest absolute Gasteiger partial charge is 0.410 e. The normalized spacial score (nSPS) is 12.1. The number of rotatable bonds is 20. The van der Waals surface area contributed by atoms with E-state index in [-0.39, 0.29) is 18.5 Å². The van der Waals surface area contributed by atoms with Crippen LogP contribution in [0.3, 0.4) is 0 Å². The maximum Gasteiger partial charge on any atom is 0.410 e. The molecule has 0 aliphatic carbocycles. The van der Waals surface area contributed by atoms with E-state index in [1.165, 1.54) is 69.1 Å². The Balaban J connectivity index is 3.96. The van der Waals surface area contributed by atoms with Crippen LogP contribution in [-0.4, -0.2) is 57.0 Å². The Labute approximate surface area is 191 Å². The van der Waals surface area contributed by atoms with Crippen LogP contribution in [0.4, 0.5) is 4.79 Å². The number of likely N-dealkylation sites (N-methyl/N-ethyl adjacent to an activating group) is 1. The molecule has 1 unspecified atom stereocenters. The van der Waals surface area contributed by atoms with Crippen LogP contribution in [0.15, 0.2) is 0 Å². The molecular weight excluding hydrogens is 394 g/mol. The molecule has 0 N–H and O–H groups in total. The van der Waals surface area contributed by atoms with Crippen molar-refractivity contribution in [3.05, 3.63) is 0 Å². The molecule has 6 heteroatoms. The van der Waals surface area contributed by atoms with Crippen molar-refractivity contribution in [2.45, 2.75) is 110 Å². The predicted octanol–water partition coefficient (Wildman–Crippen LogP) is 6.36. The summed E-state index contributed by atoms with van der Waals surface area (Å²) in [5, 5.41) is 0. The Morgan fingerprint density at radius 1 is 0.742 bits per heavy atom. The summed E-state index contributed by atoms with van der Waals surface area (Å²) in [4.78, 5) is 26.1. The van der Waals surface area contributed by atoms with Gasteiger partial charge in [0.25, 0.3) is 0 Å². The molecule has 0 rings (SSSR count). The maximum absolute atomic E-state index is 12.6. The second kappa shape index (κ2) is 20.6. The number of ether oxygens (including phenoxy) is 3. The van der Waals surface area contributed by atoms with E-state index in [0.29, 0.717) is 19.6 Å². The summed E-state index contributed by atoms with van der Waals surface area (Å²) < 4.78 is 15.5. The summed E-state index contributed by atoms with van der Waals surface area (Å²) >= 11 is 0. The van der Waals surface area contributed by atoms with Gasteiger partial charge in [-0.3, -0.25) is 4.90 Å². The van der Waals surface area contributed by atoms with E-state index >= 15 is 0 Å². The molecule has 1 atom stereocenters. The molecule has 1 amide bonds. The molecule has 31 heavy (non-hydrogen) atoms. The van der Waals surface area contributed by atoms with Crippen LogP contribution in [0.2, 0.25) is 0 Å². The van der Waals surface area contributed by atoms with E-state index in [0.717, 1.165) is 12.8 Å². The van der Waals surface area contributed by atoms with Crippen LogP contribution in [0.1, 0.15) is 104 Å². The lowest BCUT2D eigenvalue weighted by atomic mass is 10.0. The molecule has 0 saturated heterocycles. The molecule has 0 aromatic heterocycles. The summed E-state index contributed by atoms with van der Waals surface area (Å²) in [6.45, 7) is 7.22. The van der Waals surface area contributed by atoms with Crippen LogP contribution in [-0.2, 0) is 19.0 Å². The lowest BCUT2D eigenvalue weighted by Crippen LogP contribution is -2.44. The molecule has 6 nitrogen and oxygen atoms in total. The Morgan fingerprint density at radius 3 is 1.74 bits per heavy atom. The van der Waals surface area contributed by atoms with Gasteiger partial charge in [0, 0.05) is 14.2 Å². The fourth-order valence-electron chi connectivity index (χ4n) is 3.51. The highest BCUT2D eigenvalue weighted by Crippen LogP contribution is 2.15. The summed E-state index contributed by atoms with van der Waals surface area (Å²) in [6, 6.07) is -0.618. The fourth-order valence-corrected chi connectivity index (χ4v) is 3.51. The molecule has 0 bridgehead atoms. The van der Waals surface area contributed by atoms with Crippen molar-refractivity contribution >= 4 is 12.1 Å². The van der Waals surface area contributed by atoms with Gasteiger partial charge in [0.15, 0.2) is 0 Å². The summed E-state index contributed by atoms with van der Waals surface area (Å²) in [5.41, 5.74) is 0. The minimum atomic E-state index is -0.618. The molecular formula is C25H49NO5. The van der Waals surface area contributed by atoms with Crippen LogP contribution in [0, 0.1) is 5.92 Å². The Morgan fingerprint density at radius 2 is 1.26 bits per heavy atom. The number of hydrogen-bond donors (Lipinski definition) is 0. The summed E-state index contributed by atoms with van der Waals surface area (Å²) in [7, 11) is 3.14. The lowest BCUT2D eigenvalue weighted by Gasteiger charge is -2.27. The summed E-state index contributed by atoms with van der Waals surface area (Å²) in [5.74, 6) is -0.0821. The van der Waals surface area contributed by atoms with Gasteiger partial charge in [-0.25, -0.2) is 9.59 Å². The first-order chi connectivity index (χ1) is 14.9. The second-order valence-electron chi connectivity index (χ2n) is 8.92. The van der Waals surface area contributed by atoms with E-state index in [4.69, 9.17) is 14.2 Å². The first-order valence-corrected chi connectivity index (χ1v) is 12.5. The van der Waals surface area contributed by atoms with Gasteiger partial charge in [-0.15, -0.1) is 0 Å². The molecule has 0 spiro atoms. The highest BCUT2D eigenvalue weighted by atomic mass is 16.6. The van der Waals surface area contributed by atoms with Gasteiger partial charge in [-0.2, -0.15) is 0 Å². The maximum atomic E-state index is 12.6. The minimum Gasteiger partial charge on any atom is -0.464 e. The zero-order valence-electron chi connectivity index (χ0n) is 21.0. The molecule has 0 aliphatic rings. The highest BCUT2D eigenvalue weighted by molar-refractivity contribution is 5.81. The Bertz CT molecular complexity index is 442. The van der Waals surface area contributed by atoms with E-state index < -0.39 is 12.1 Å². The third kappa shape index (κ3) is 17.0. The number of esters is 1. The van der Waals surface area contributed by atoms with Gasteiger partial charge in [0.2, 0.25) is 0 Å². The van der Waals surface area contributed by atoms with Crippen molar-refractivity contribution in [1.29, 1.82) is 0 Å². The largest absolute Gasteiger partial charge is 0.464 e. The van der Waals surface area contributed by atoms with E-state index in [2.05, 4.69) is 6.92 Å². The number of amides is 1. The quantitative estimate of drug-likeness (QED) is 0.162. The number of nitrogens with zero attached hydrogens (tertiary/aromatic N) is 1. The number of carbonyl (C=O) groups excluding carboxylic acids is 2. The van der Waals surface area contributed by atoms with Gasteiger partial charge in [0.05, 0.1) is 13.2 Å². The molecule has 0 saturated carbocycles. The summed E-state index contributed by atoms with van der Waals surface area (Å²) in [6.07, 6.45) is 15.3. The van der Waals surface area contributed by atoms with Gasteiger partial charge >= 0.3 is 12.1 Å². The van der Waals surface area contributed by atoms with Crippen LogP contribution >= 0.6 is 0 Å². The van der Waals surface area contributed by atoms with Crippen molar-refractivity contribution in [3.8, 4) is 0 Å². The van der Waals surface area contributed by atoms with Crippen LogP contribution in [0.5, 0.6) is 0 Å². The molecule has 0 fully saturated rings. The Hall–Kier alpha value is -1.30. The van der Waals surface area contributed by atoms with Gasteiger partial charge in [0.1, 0.15) is 12.6 Å². The standard InChI is InChI=1S/C25H49NO5/c1-6-7-8-9-10-11-12-13-14-15-16-17-18-30-24(27)23(21-22(2)3)26(4)25(28)31-20-19-29-5/h22-23H,6-21H2,1-5H3. The SMILES string of the molecule is CCCCCCCCCCCCCCOC(=O)C(CC(C)C)N(C)C(=O)OCCOC. The third-order valence-corrected chi connectivity index (χ3v) is 5.48. The topological polar surface area (TPSA) is 65.1 Å². The van der Waals surface area contributed by atoms with Crippen LogP contribution < -0.4 is 0 Å². The fraction of sp³-hybridized carbons (Fsp3) is 0.920. The molecule has 0 heterocycles. The number of hydrogen-bond acceptors (Lipinski definition) is 5. The molecule has 0 aromatic rings. The first kappa shape index (κ1) is 29.7.